The molecule has 0 amide bonds. The Balaban J connectivity index is 1.90. The van der Waals surface area contributed by atoms with Crippen LogP contribution in [0, 0.1) is 12.8 Å². The maximum Gasteiger partial charge on any atom is 0.297 e. The Morgan fingerprint density at radius 3 is 2.44 bits per heavy atom. The Kier molecular flexibility index (Phi) is 6.67. The summed E-state index contributed by atoms with van der Waals surface area (Å²) < 4.78 is 6.83. The molecule has 32 heavy (non-hydrogen) atoms. The number of thiazole rings is 1. The lowest BCUT2D eigenvalue weighted by Crippen LogP contribution is -2.20. The van der Waals surface area contributed by atoms with E-state index in [1.807, 2.05) is 61.1 Å². The van der Waals surface area contributed by atoms with Crippen molar-refractivity contribution in [2.45, 2.75) is 33.7 Å². The summed E-state index contributed by atoms with van der Waals surface area (Å²) in [5.41, 5.74) is 4.28. The van der Waals surface area contributed by atoms with Crippen molar-refractivity contribution in [3.8, 4) is 16.9 Å². The second-order valence-corrected chi connectivity index (χ2v) is 9.93. The molecule has 7 heteroatoms. The van der Waals surface area contributed by atoms with Gasteiger partial charge in [-0.1, -0.05) is 66.2 Å². The number of hydrogen-bond donors (Lipinski definition) is 0. The molecule has 5 nitrogen and oxygen atoms in total. The minimum absolute atomic E-state index is 0.109. The average Bonchev–Trinajstić information content (AvgIpc) is 3.27. The van der Waals surface area contributed by atoms with E-state index in [0.29, 0.717) is 11.6 Å². The maximum atomic E-state index is 13.4. The van der Waals surface area contributed by atoms with Crippen molar-refractivity contribution in [1.29, 1.82) is 0 Å². The van der Waals surface area contributed by atoms with Crippen LogP contribution >= 0.6 is 27.3 Å². The normalized spacial score (nSPS) is 12.1. The summed E-state index contributed by atoms with van der Waals surface area (Å²) >= 11 is 5.26. The van der Waals surface area contributed by atoms with Crippen LogP contribution < -0.4 is 10.4 Å². The zero-order valence-electron chi connectivity index (χ0n) is 18.7. The van der Waals surface area contributed by atoms with Gasteiger partial charge in [0.05, 0.1) is 17.1 Å². The summed E-state index contributed by atoms with van der Waals surface area (Å²) in [7, 11) is 1.90. The van der Waals surface area contributed by atoms with Gasteiger partial charge >= 0.3 is 0 Å². The zero-order valence-corrected chi connectivity index (χ0v) is 21.2. The van der Waals surface area contributed by atoms with Gasteiger partial charge in [-0.25, -0.2) is 9.67 Å². The molecule has 4 rings (SSSR count). The fourth-order valence-corrected chi connectivity index (χ4v) is 5.11. The van der Waals surface area contributed by atoms with Crippen LogP contribution in [0.4, 0.5) is 5.69 Å². The highest BCUT2D eigenvalue weighted by molar-refractivity contribution is 9.10. The molecule has 0 aliphatic carbocycles. The molecule has 0 aliphatic rings. The van der Waals surface area contributed by atoms with Gasteiger partial charge < -0.3 is 4.57 Å². The number of halogens is 1. The van der Waals surface area contributed by atoms with E-state index in [4.69, 9.17) is 4.99 Å². The van der Waals surface area contributed by atoms with Crippen LogP contribution in [0.15, 0.2) is 74.2 Å². The lowest BCUT2D eigenvalue weighted by atomic mass is 10.1. The average molecular weight is 511 g/mol. The van der Waals surface area contributed by atoms with Crippen molar-refractivity contribution in [3.63, 3.8) is 0 Å². The summed E-state index contributed by atoms with van der Waals surface area (Å²) in [5, 5.41) is 2.13. The molecule has 0 saturated carbocycles. The first-order valence-corrected chi connectivity index (χ1v) is 12.4. The minimum Gasteiger partial charge on any atom is -0.316 e. The van der Waals surface area contributed by atoms with Gasteiger partial charge in [0.2, 0.25) is 0 Å². The van der Waals surface area contributed by atoms with Crippen molar-refractivity contribution < 1.29 is 0 Å². The van der Waals surface area contributed by atoms with Crippen molar-refractivity contribution in [2.75, 3.05) is 0 Å². The lowest BCUT2D eigenvalue weighted by molar-refractivity contribution is 0.513. The lowest BCUT2D eigenvalue weighted by Gasteiger charge is -2.12. The Labute approximate surface area is 200 Å². The number of rotatable bonds is 6. The van der Waals surface area contributed by atoms with Crippen molar-refractivity contribution in [2.24, 2.45) is 18.0 Å². The van der Waals surface area contributed by atoms with Crippen molar-refractivity contribution in [3.05, 3.63) is 85.3 Å². The van der Waals surface area contributed by atoms with Gasteiger partial charge in [-0.3, -0.25) is 9.48 Å². The molecule has 166 valence electrons. The monoisotopic (exact) mass is 510 g/mol. The zero-order chi connectivity index (χ0) is 22.8. The summed E-state index contributed by atoms with van der Waals surface area (Å²) in [5.74, 6) is 0.566. The van der Waals surface area contributed by atoms with Gasteiger partial charge in [0.15, 0.2) is 10.5 Å². The van der Waals surface area contributed by atoms with E-state index < -0.39 is 0 Å². The van der Waals surface area contributed by atoms with E-state index in [-0.39, 0.29) is 5.56 Å². The first kappa shape index (κ1) is 22.6. The number of aromatic nitrogens is 3. The quantitative estimate of drug-likeness (QED) is 0.311. The topological polar surface area (TPSA) is 44.2 Å². The largest absolute Gasteiger partial charge is 0.316 e. The van der Waals surface area contributed by atoms with E-state index in [1.54, 1.807) is 16.0 Å². The van der Waals surface area contributed by atoms with Crippen LogP contribution in [0.2, 0.25) is 0 Å². The number of para-hydroxylation sites is 1. The van der Waals surface area contributed by atoms with Gasteiger partial charge in [0, 0.05) is 29.0 Å². The van der Waals surface area contributed by atoms with Crippen LogP contribution in [0.25, 0.3) is 16.9 Å². The highest BCUT2D eigenvalue weighted by atomic mass is 79.9. The Hall–Kier alpha value is -2.64. The van der Waals surface area contributed by atoms with Crippen molar-refractivity contribution >= 4 is 33.0 Å². The molecule has 0 atom stereocenters. The Morgan fingerprint density at radius 1 is 1.06 bits per heavy atom. The molecule has 2 heterocycles. The second kappa shape index (κ2) is 9.46. The van der Waals surface area contributed by atoms with E-state index >= 15 is 0 Å². The molecule has 0 spiro atoms. The van der Waals surface area contributed by atoms with E-state index in [2.05, 4.69) is 51.9 Å². The SMILES string of the molecule is Cc1c(N=c2scc(-c3ccccc3Br)n2CCC(C)C)c(=O)n(-c2ccccc2)n1C. The van der Waals surface area contributed by atoms with Crippen LogP contribution in [0.5, 0.6) is 0 Å². The van der Waals surface area contributed by atoms with E-state index in [0.717, 1.165) is 44.9 Å². The fourth-order valence-electron chi connectivity index (χ4n) is 3.69. The van der Waals surface area contributed by atoms with E-state index in [9.17, 15) is 4.79 Å². The smallest absolute Gasteiger partial charge is 0.297 e. The third kappa shape index (κ3) is 4.32. The predicted molar refractivity (Wildman–Crippen MR) is 136 cm³/mol. The molecule has 2 aromatic heterocycles. The second-order valence-electron chi connectivity index (χ2n) is 8.24. The number of benzene rings is 2. The Morgan fingerprint density at radius 2 is 1.75 bits per heavy atom. The van der Waals surface area contributed by atoms with Crippen LogP contribution in [-0.2, 0) is 13.6 Å². The molecule has 0 unspecified atom stereocenters. The van der Waals surface area contributed by atoms with Gasteiger partial charge in [0.25, 0.3) is 5.56 Å². The first-order valence-electron chi connectivity index (χ1n) is 10.7. The molecule has 2 aromatic carbocycles. The molecule has 0 saturated heterocycles. The third-order valence-electron chi connectivity index (χ3n) is 5.61. The molecule has 0 aliphatic heterocycles. The number of nitrogens with zero attached hydrogens (tertiary/aromatic N) is 4. The molecule has 0 bridgehead atoms. The molecule has 0 radical (unpaired) electrons. The molecular weight excluding hydrogens is 484 g/mol. The van der Waals surface area contributed by atoms with Gasteiger partial charge in [0.1, 0.15) is 0 Å². The standard InChI is InChI=1S/C25H27BrN4OS/c1-17(2)14-15-29-22(20-12-8-9-13-21(20)26)16-32-25(29)27-23-18(3)28(4)30(24(23)31)19-10-6-5-7-11-19/h5-13,16-17H,14-15H2,1-4H3. The van der Waals surface area contributed by atoms with Crippen LogP contribution in [-0.4, -0.2) is 13.9 Å². The van der Waals surface area contributed by atoms with Crippen LogP contribution in [0.3, 0.4) is 0 Å². The van der Waals surface area contributed by atoms with E-state index in [1.165, 1.54) is 0 Å². The predicted octanol–water partition coefficient (Wildman–Crippen LogP) is 6.06. The summed E-state index contributed by atoms with van der Waals surface area (Å²) in [4.78, 5) is 19.1. The summed E-state index contributed by atoms with van der Waals surface area (Å²) in [6, 6.07) is 17.9. The van der Waals surface area contributed by atoms with Gasteiger partial charge in [-0.15, -0.1) is 11.3 Å². The van der Waals surface area contributed by atoms with Crippen molar-refractivity contribution in [1.82, 2.24) is 13.9 Å². The van der Waals surface area contributed by atoms with Gasteiger partial charge in [-0.2, -0.15) is 0 Å². The number of hydrogen-bond acceptors (Lipinski definition) is 3. The summed E-state index contributed by atoms with van der Waals surface area (Å²) in [6.45, 7) is 7.24. The van der Waals surface area contributed by atoms with Crippen LogP contribution in [0.1, 0.15) is 26.0 Å². The summed E-state index contributed by atoms with van der Waals surface area (Å²) in [6.07, 6.45) is 1.03. The third-order valence-corrected chi connectivity index (χ3v) is 7.16. The molecular formula is C25H27BrN4OS. The maximum absolute atomic E-state index is 13.4. The molecule has 0 fully saturated rings. The molecule has 0 N–H and O–H groups in total. The highest BCUT2D eigenvalue weighted by Gasteiger charge is 2.17. The fraction of sp³-hybridized carbons (Fsp3) is 0.280. The van der Waals surface area contributed by atoms with Gasteiger partial charge in [-0.05, 0) is 37.5 Å². The highest BCUT2D eigenvalue weighted by Crippen LogP contribution is 2.29. The Bertz CT molecular complexity index is 1360. The minimum atomic E-state index is -0.109. The first-order chi connectivity index (χ1) is 15.4. The molecule has 4 aromatic rings.